The lowest BCUT2D eigenvalue weighted by Crippen LogP contribution is -2.30. The Balaban J connectivity index is 4.43. The highest BCUT2D eigenvalue weighted by molar-refractivity contribution is 5.71. The van der Waals surface area contributed by atoms with Crippen molar-refractivity contribution in [2.24, 2.45) is 0 Å². The molecule has 1 unspecified atom stereocenters. The Morgan fingerprint density at radius 3 is 0.824 bits per heavy atom. The third-order valence-electron chi connectivity index (χ3n) is 12.7. The molecule has 0 spiro atoms. The molecule has 0 heterocycles. The van der Waals surface area contributed by atoms with Crippen LogP contribution >= 0.6 is 0 Å². The number of carbonyl (C=O) groups excluding carboxylic acids is 3. The lowest BCUT2D eigenvalue weighted by Gasteiger charge is -2.18. The van der Waals surface area contributed by atoms with Gasteiger partial charge in [-0.1, -0.05) is 245 Å². The van der Waals surface area contributed by atoms with Gasteiger partial charge in [-0.3, -0.25) is 14.4 Å². The molecule has 0 saturated carbocycles. The van der Waals surface area contributed by atoms with Crippen LogP contribution in [-0.4, -0.2) is 37.2 Å². The molecule has 6 nitrogen and oxygen atoms in total. The third-order valence-corrected chi connectivity index (χ3v) is 12.7. The van der Waals surface area contributed by atoms with Gasteiger partial charge in [-0.2, -0.15) is 0 Å². The minimum Gasteiger partial charge on any atom is -0.462 e. The monoisotopic (exact) mass is 1020 g/mol. The van der Waals surface area contributed by atoms with E-state index in [-0.39, 0.29) is 31.1 Å². The molecule has 0 aromatic carbocycles. The number of unbranched alkanes of at least 4 members (excludes halogenated alkanes) is 23. The number of ether oxygens (including phenoxy) is 3. The SMILES string of the molecule is CC/C=C\C/C=C\C/C=C\C/C=C\C/C=C\CCCCCCCCCC(=O)OCC(COC(=O)CCCCCCC/C=C\C/C=C\C/C=C\CC)OC(=O)CCCCCCCCC/C=C\C/C=C\CCCCCC. The van der Waals surface area contributed by atoms with E-state index in [0.717, 1.165) is 148 Å². The molecule has 0 bridgehead atoms. The first-order chi connectivity index (χ1) is 36.5. The molecule has 0 aliphatic heterocycles. The molecule has 0 rings (SSSR count). The molecule has 420 valence electrons. The summed E-state index contributed by atoms with van der Waals surface area (Å²) in [5.74, 6) is -0.928. The average molecular weight is 1030 g/mol. The van der Waals surface area contributed by atoms with Gasteiger partial charge in [-0.05, 0) is 128 Å². The summed E-state index contributed by atoms with van der Waals surface area (Å²) in [5.41, 5.74) is 0. The molecule has 0 aromatic rings. The molecule has 0 amide bonds. The van der Waals surface area contributed by atoms with Crippen molar-refractivity contribution in [1.82, 2.24) is 0 Å². The van der Waals surface area contributed by atoms with Gasteiger partial charge in [0.25, 0.3) is 0 Å². The van der Waals surface area contributed by atoms with Crippen molar-refractivity contribution >= 4 is 17.9 Å². The molecule has 0 radical (unpaired) electrons. The van der Waals surface area contributed by atoms with Crippen LogP contribution in [-0.2, 0) is 28.6 Å². The molecule has 6 heteroatoms. The second-order valence-corrected chi connectivity index (χ2v) is 19.8. The second-order valence-electron chi connectivity index (χ2n) is 19.8. The van der Waals surface area contributed by atoms with Gasteiger partial charge in [-0.15, -0.1) is 0 Å². The summed E-state index contributed by atoms with van der Waals surface area (Å²) >= 11 is 0. The Morgan fingerprint density at radius 1 is 0.284 bits per heavy atom. The van der Waals surface area contributed by atoms with Crippen LogP contribution in [0.15, 0.2) is 122 Å². The molecule has 0 N–H and O–H groups in total. The molecular formula is C68H112O6. The highest BCUT2D eigenvalue weighted by Crippen LogP contribution is 2.15. The largest absolute Gasteiger partial charge is 0.462 e. The van der Waals surface area contributed by atoms with Gasteiger partial charge in [0.1, 0.15) is 13.2 Å². The van der Waals surface area contributed by atoms with Crippen molar-refractivity contribution < 1.29 is 28.6 Å². The summed E-state index contributed by atoms with van der Waals surface area (Å²) in [6.45, 7) is 6.38. The van der Waals surface area contributed by atoms with E-state index in [1.807, 2.05) is 0 Å². The summed E-state index contributed by atoms with van der Waals surface area (Å²) in [4.78, 5) is 38.3. The lowest BCUT2D eigenvalue weighted by molar-refractivity contribution is -0.167. The summed E-state index contributed by atoms with van der Waals surface area (Å²) in [5, 5.41) is 0. The first-order valence-corrected chi connectivity index (χ1v) is 30.5. The number of rotatable bonds is 54. The van der Waals surface area contributed by atoms with E-state index >= 15 is 0 Å². The van der Waals surface area contributed by atoms with Gasteiger partial charge in [0.2, 0.25) is 0 Å². The first kappa shape index (κ1) is 69.8. The highest BCUT2D eigenvalue weighted by Gasteiger charge is 2.19. The minimum absolute atomic E-state index is 0.0954. The maximum Gasteiger partial charge on any atom is 0.306 e. The van der Waals surface area contributed by atoms with Gasteiger partial charge in [0, 0.05) is 19.3 Å². The average Bonchev–Trinajstić information content (AvgIpc) is 3.40. The van der Waals surface area contributed by atoms with Gasteiger partial charge in [0.15, 0.2) is 6.10 Å². The lowest BCUT2D eigenvalue weighted by atomic mass is 10.1. The summed E-state index contributed by atoms with van der Waals surface area (Å²) in [7, 11) is 0. The standard InChI is InChI=1S/C68H112O6/c1-4-7-10-13-16-19-22-25-28-30-32-33-34-35-36-38-40-43-46-49-52-55-58-61-67(70)73-64-65(63-72-66(69)60-57-54-51-48-45-42-39-27-24-21-18-15-12-9-6-3)74-68(71)62-59-56-53-50-47-44-41-37-31-29-26-23-20-17-14-11-8-5-2/h7,9-10,12,16,18-21,23,25,27-29,31-33,35-36,39,65H,4-6,8,11,13-15,17,22,24,26,30,34,37-38,40-64H2,1-3H3/b10-7-,12-9-,19-16-,21-18-,23-20-,28-25-,31-29-,33-32-,36-35-,39-27-. The molecule has 0 saturated heterocycles. The quantitative estimate of drug-likeness (QED) is 0.0261. The fourth-order valence-electron chi connectivity index (χ4n) is 8.16. The zero-order valence-electron chi connectivity index (χ0n) is 48.1. The number of allylic oxidation sites excluding steroid dienone is 20. The first-order valence-electron chi connectivity index (χ1n) is 30.5. The zero-order valence-corrected chi connectivity index (χ0v) is 48.1. The second kappa shape index (κ2) is 61.4. The fourth-order valence-corrected chi connectivity index (χ4v) is 8.16. The van der Waals surface area contributed by atoms with E-state index in [1.165, 1.54) is 83.5 Å². The van der Waals surface area contributed by atoms with E-state index in [9.17, 15) is 14.4 Å². The molecule has 0 aromatic heterocycles. The predicted molar refractivity (Wildman–Crippen MR) is 320 cm³/mol. The van der Waals surface area contributed by atoms with Crippen molar-refractivity contribution in [2.45, 2.75) is 277 Å². The van der Waals surface area contributed by atoms with Crippen LogP contribution in [0.3, 0.4) is 0 Å². The number of hydrogen-bond donors (Lipinski definition) is 0. The summed E-state index contributed by atoms with van der Waals surface area (Å²) in [6, 6.07) is 0. The number of carbonyl (C=O) groups is 3. The van der Waals surface area contributed by atoms with E-state index in [4.69, 9.17) is 14.2 Å². The van der Waals surface area contributed by atoms with Crippen LogP contribution in [0.1, 0.15) is 271 Å². The summed E-state index contributed by atoms with van der Waals surface area (Å²) < 4.78 is 16.9. The number of esters is 3. The molecule has 0 aliphatic carbocycles. The van der Waals surface area contributed by atoms with Crippen molar-refractivity contribution in [1.29, 1.82) is 0 Å². The molecule has 1 atom stereocenters. The van der Waals surface area contributed by atoms with Crippen LogP contribution < -0.4 is 0 Å². The van der Waals surface area contributed by atoms with Crippen LogP contribution in [0.4, 0.5) is 0 Å². The molecule has 0 aliphatic rings. The Morgan fingerprint density at radius 2 is 0.527 bits per heavy atom. The van der Waals surface area contributed by atoms with Crippen molar-refractivity contribution in [3.05, 3.63) is 122 Å². The van der Waals surface area contributed by atoms with Gasteiger partial charge < -0.3 is 14.2 Å². The normalized spacial score (nSPS) is 13.0. The predicted octanol–water partition coefficient (Wildman–Crippen LogP) is 20.8. The molecule has 0 fully saturated rings. The fraction of sp³-hybridized carbons (Fsp3) is 0.662. The van der Waals surface area contributed by atoms with E-state index in [2.05, 4.69) is 142 Å². The van der Waals surface area contributed by atoms with Gasteiger partial charge in [-0.25, -0.2) is 0 Å². The zero-order chi connectivity index (χ0) is 53.6. The molecule has 74 heavy (non-hydrogen) atoms. The maximum absolute atomic E-state index is 12.9. The smallest absolute Gasteiger partial charge is 0.306 e. The maximum atomic E-state index is 12.9. The van der Waals surface area contributed by atoms with E-state index in [1.54, 1.807) is 0 Å². The summed E-state index contributed by atoms with van der Waals surface area (Å²) in [6.07, 6.45) is 84.7. The van der Waals surface area contributed by atoms with Crippen LogP contribution in [0, 0.1) is 0 Å². The van der Waals surface area contributed by atoms with Crippen molar-refractivity contribution in [3.8, 4) is 0 Å². The van der Waals surface area contributed by atoms with Gasteiger partial charge in [0.05, 0.1) is 0 Å². The van der Waals surface area contributed by atoms with E-state index in [0.29, 0.717) is 19.3 Å². The van der Waals surface area contributed by atoms with Crippen LogP contribution in [0.5, 0.6) is 0 Å². The van der Waals surface area contributed by atoms with E-state index < -0.39 is 6.10 Å². The Kier molecular flexibility index (Phi) is 57.9. The Labute approximate surface area is 456 Å². The van der Waals surface area contributed by atoms with Crippen LogP contribution in [0.25, 0.3) is 0 Å². The Hall–Kier alpha value is -4.19. The third kappa shape index (κ3) is 58.7. The topological polar surface area (TPSA) is 78.9 Å². The van der Waals surface area contributed by atoms with Crippen molar-refractivity contribution in [2.75, 3.05) is 13.2 Å². The Bertz CT molecular complexity index is 1550. The van der Waals surface area contributed by atoms with Crippen molar-refractivity contribution in [3.63, 3.8) is 0 Å². The molecular weight excluding hydrogens is 913 g/mol. The van der Waals surface area contributed by atoms with Gasteiger partial charge >= 0.3 is 17.9 Å². The minimum atomic E-state index is -0.799. The number of hydrogen-bond acceptors (Lipinski definition) is 6. The van der Waals surface area contributed by atoms with Crippen LogP contribution in [0.2, 0.25) is 0 Å². The highest BCUT2D eigenvalue weighted by atomic mass is 16.6.